The first kappa shape index (κ1) is 18.6. The van der Waals surface area contributed by atoms with Crippen molar-refractivity contribution >= 4 is 17.5 Å². The highest BCUT2D eigenvalue weighted by Crippen LogP contribution is 2.19. The molecule has 0 aliphatic rings. The minimum absolute atomic E-state index is 0.176. The van der Waals surface area contributed by atoms with Crippen LogP contribution in [0.15, 0.2) is 24.3 Å². The van der Waals surface area contributed by atoms with E-state index in [9.17, 15) is 9.59 Å². The predicted molar refractivity (Wildman–Crippen MR) is 96.8 cm³/mol. The van der Waals surface area contributed by atoms with E-state index in [0.717, 1.165) is 0 Å². The van der Waals surface area contributed by atoms with Crippen LogP contribution in [0, 0.1) is 0 Å². The highest BCUT2D eigenvalue weighted by molar-refractivity contribution is 6.03. The van der Waals surface area contributed by atoms with Crippen LogP contribution >= 0.6 is 0 Å². The maximum Gasteiger partial charge on any atom is 0.293 e. The molecule has 1 aromatic carbocycles. The fourth-order valence-electron chi connectivity index (χ4n) is 2.24. The second kappa shape index (κ2) is 7.46. The van der Waals surface area contributed by atoms with Crippen LogP contribution in [-0.2, 0) is 12.0 Å². The lowest BCUT2D eigenvalue weighted by molar-refractivity contribution is 0.0954. The van der Waals surface area contributed by atoms with Crippen molar-refractivity contribution in [2.24, 2.45) is 0 Å². The van der Waals surface area contributed by atoms with Gasteiger partial charge in [-0.2, -0.15) is 5.10 Å². The molecule has 0 aliphatic carbocycles. The summed E-state index contributed by atoms with van der Waals surface area (Å²) in [7, 11) is 0. The van der Waals surface area contributed by atoms with Crippen molar-refractivity contribution in [2.45, 2.75) is 46.6 Å². The molecule has 0 fully saturated rings. The second-order valence-corrected chi connectivity index (χ2v) is 6.72. The van der Waals surface area contributed by atoms with Crippen LogP contribution in [-0.4, -0.2) is 33.1 Å². The van der Waals surface area contributed by atoms with Crippen LogP contribution < -0.4 is 10.6 Å². The molecule has 2 rings (SSSR count). The van der Waals surface area contributed by atoms with Crippen LogP contribution in [0.3, 0.4) is 0 Å². The Kier molecular flexibility index (Phi) is 5.56. The number of carbonyl (C=O) groups is 2. The van der Waals surface area contributed by atoms with Gasteiger partial charge in [0.25, 0.3) is 11.8 Å². The van der Waals surface area contributed by atoms with Gasteiger partial charge in [-0.15, -0.1) is 0 Å². The zero-order valence-electron chi connectivity index (χ0n) is 15.4. The molecular formula is C18H25N5O2. The number of aromatic nitrogens is 3. The van der Waals surface area contributed by atoms with Gasteiger partial charge in [-0.25, -0.2) is 9.67 Å². The van der Waals surface area contributed by atoms with Gasteiger partial charge in [-0.3, -0.25) is 9.59 Å². The SMILES string of the molecule is CCNC(=O)c1cccc(NC(=O)c2nc(C(C)(C)C)nn2CC)c1. The number of anilines is 1. The third-order valence-electron chi connectivity index (χ3n) is 3.57. The summed E-state index contributed by atoms with van der Waals surface area (Å²) in [5.41, 5.74) is 0.789. The lowest BCUT2D eigenvalue weighted by Crippen LogP contribution is -2.23. The molecule has 0 spiro atoms. The van der Waals surface area contributed by atoms with Crippen molar-refractivity contribution in [1.82, 2.24) is 20.1 Å². The zero-order chi connectivity index (χ0) is 18.6. The van der Waals surface area contributed by atoms with Gasteiger partial charge in [0.15, 0.2) is 5.82 Å². The van der Waals surface area contributed by atoms with Gasteiger partial charge in [0.05, 0.1) is 0 Å². The molecule has 134 valence electrons. The van der Waals surface area contributed by atoms with E-state index in [2.05, 4.69) is 20.7 Å². The molecule has 2 N–H and O–H groups in total. The monoisotopic (exact) mass is 343 g/mol. The number of nitrogens with zero attached hydrogens (tertiary/aromatic N) is 3. The summed E-state index contributed by atoms with van der Waals surface area (Å²) in [4.78, 5) is 28.9. The lowest BCUT2D eigenvalue weighted by atomic mass is 9.96. The quantitative estimate of drug-likeness (QED) is 0.873. The van der Waals surface area contributed by atoms with Gasteiger partial charge in [0, 0.05) is 29.8 Å². The second-order valence-electron chi connectivity index (χ2n) is 6.72. The molecule has 25 heavy (non-hydrogen) atoms. The summed E-state index contributed by atoms with van der Waals surface area (Å²) in [6.07, 6.45) is 0. The topological polar surface area (TPSA) is 88.9 Å². The Morgan fingerprint density at radius 2 is 1.88 bits per heavy atom. The number of benzene rings is 1. The van der Waals surface area contributed by atoms with Crippen LogP contribution in [0.1, 0.15) is 61.4 Å². The average Bonchev–Trinajstić information content (AvgIpc) is 3.00. The molecule has 0 saturated heterocycles. The van der Waals surface area contributed by atoms with E-state index in [1.807, 2.05) is 34.6 Å². The molecule has 0 unspecified atom stereocenters. The van der Waals surface area contributed by atoms with Gasteiger partial charge in [-0.1, -0.05) is 26.8 Å². The molecule has 2 amide bonds. The van der Waals surface area contributed by atoms with Crippen molar-refractivity contribution in [2.75, 3.05) is 11.9 Å². The van der Waals surface area contributed by atoms with Crippen molar-refractivity contribution < 1.29 is 9.59 Å². The Balaban J connectivity index is 2.24. The van der Waals surface area contributed by atoms with Gasteiger partial charge in [0.2, 0.25) is 5.82 Å². The summed E-state index contributed by atoms with van der Waals surface area (Å²) in [5.74, 6) is 0.356. The van der Waals surface area contributed by atoms with E-state index in [-0.39, 0.29) is 23.1 Å². The number of hydrogen-bond acceptors (Lipinski definition) is 4. The Morgan fingerprint density at radius 3 is 2.48 bits per heavy atom. The largest absolute Gasteiger partial charge is 0.352 e. The number of nitrogens with one attached hydrogen (secondary N) is 2. The standard InChI is InChI=1S/C18H25N5O2/c1-6-19-15(24)12-9-8-10-13(11-12)20-16(25)14-21-17(18(3,4)5)22-23(14)7-2/h8-11H,6-7H2,1-5H3,(H,19,24)(H,20,25). The highest BCUT2D eigenvalue weighted by Gasteiger charge is 2.24. The Morgan fingerprint density at radius 1 is 1.16 bits per heavy atom. The van der Waals surface area contributed by atoms with Crippen molar-refractivity contribution in [3.63, 3.8) is 0 Å². The first-order valence-electron chi connectivity index (χ1n) is 8.41. The average molecular weight is 343 g/mol. The van der Waals surface area contributed by atoms with Gasteiger partial charge in [-0.05, 0) is 32.0 Å². The number of carbonyl (C=O) groups excluding carboxylic acids is 2. The minimum atomic E-state index is -0.349. The van der Waals surface area contributed by atoms with Crippen molar-refractivity contribution in [3.8, 4) is 0 Å². The number of rotatable bonds is 5. The first-order valence-corrected chi connectivity index (χ1v) is 8.41. The highest BCUT2D eigenvalue weighted by atomic mass is 16.2. The number of hydrogen-bond donors (Lipinski definition) is 2. The third-order valence-corrected chi connectivity index (χ3v) is 3.57. The van der Waals surface area contributed by atoms with E-state index >= 15 is 0 Å². The number of aryl methyl sites for hydroxylation is 1. The molecule has 0 radical (unpaired) electrons. The lowest BCUT2D eigenvalue weighted by Gasteiger charge is -2.12. The zero-order valence-corrected chi connectivity index (χ0v) is 15.4. The minimum Gasteiger partial charge on any atom is -0.352 e. The van der Waals surface area contributed by atoms with E-state index < -0.39 is 0 Å². The smallest absolute Gasteiger partial charge is 0.293 e. The van der Waals surface area contributed by atoms with Gasteiger partial charge < -0.3 is 10.6 Å². The van der Waals surface area contributed by atoms with Gasteiger partial charge >= 0.3 is 0 Å². The van der Waals surface area contributed by atoms with E-state index in [1.54, 1.807) is 28.9 Å². The van der Waals surface area contributed by atoms with E-state index in [4.69, 9.17) is 0 Å². The van der Waals surface area contributed by atoms with Crippen molar-refractivity contribution in [3.05, 3.63) is 41.5 Å². The van der Waals surface area contributed by atoms with Crippen LogP contribution in [0.5, 0.6) is 0 Å². The van der Waals surface area contributed by atoms with E-state index in [0.29, 0.717) is 30.2 Å². The maximum absolute atomic E-state index is 12.6. The van der Waals surface area contributed by atoms with Crippen LogP contribution in [0.25, 0.3) is 0 Å². The molecule has 0 atom stereocenters. The summed E-state index contributed by atoms with van der Waals surface area (Å²) in [5, 5.41) is 9.94. The van der Waals surface area contributed by atoms with Crippen LogP contribution in [0.4, 0.5) is 5.69 Å². The number of amides is 2. The molecule has 2 aromatic rings. The molecule has 0 saturated carbocycles. The Hall–Kier alpha value is -2.70. The summed E-state index contributed by atoms with van der Waals surface area (Å²) < 4.78 is 1.59. The summed E-state index contributed by atoms with van der Waals surface area (Å²) in [6.45, 7) is 10.9. The molecule has 1 heterocycles. The molecule has 0 bridgehead atoms. The fourth-order valence-corrected chi connectivity index (χ4v) is 2.24. The molecular weight excluding hydrogens is 318 g/mol. The fraction of sp³-hybridized carbons (Fsp3) is 0.444. The van der Waals surface area contributed by atoms with E-state index in [1.165, 1.54) is 0 Å². The van der Waals surface area contributed by atoms with Crippen molar-refractivity contribution in [1.29, 1.82) is 0 Å². The van der Waals surface area contributed by atoms with Crippen LogP contribution in [0.2, 0.25) is 0 Å². The molecule has 0 aliphatic heterocycles. The Labute approximate surface area is 147 Å². The first-order chi connectivity index (χ1) is 11.8. The Bertz CT molecular complexity index is 774. The predicted octanol–water partition coefficient (Wildman–Crippen LogP) is 2.60. The summed E-state index contributed by atoms with van der Waals surface area (Å²) in [6, 6.07) is 6.80. The third kappa shape index (κ3) is 4.43. The molecule has 1 aromatic heterocycles. The molecule has 7 heteroatoms. The molecule has 7 nitrogen and oxygen atoms in total. The summed E-state index contributed by atoms with van der Waals surface area (Å²) >= 11 is 0. The normalized spacial score (nSPS) is 11.2. The maximum atomic E-state index is 12.6. The van der Waals surface area contributed by atoms with Gasteiger partial charge in [0.1, 0.15) is 0 Å².